The number of rotatable bonds is 11. The molecule has 0 radical (unpaired) electrons. The zero-order valence-corrected chi connectivity index (χ0v) is 18.1. The summed E-state index contributed by atoms with van der Waals surface area (Å²) in [5, 5.41) is 0. The first-order valence-corrected chi connectivity index (χ1v) is 11.4. The summed E-state index contributed by atoms with van der Waals surface area (Å²) in [4.78, 5) is 0. The maximum atomic E-state index is 2.38. The minimum atomic E-state index is 0.585. The molecule has 0 fully saturated rings. The van der Waals surface area contributed by atoms with Gasteiger partial charge in [-0.1, -0.05) is 118 Å². The topological polar surface area (TPSA) is 0 Å². The van der Waals surface area contributed by atoms with Gasteiger partial charge in [0, 0.05) is 0 Å². The lowest BCUT2D eigenvalue weighted by molar-refractivity contribution is 0.467. The highest BCUT2D eigenvalue weighted by molar-refractivity contribution is 5.23. The molecule has 29 heavy (non-hydrogen) atoms. The van der Waals surface area contributed by atoms with Gasteiger partial charge in [-0.25, -0.2) is 0 Å². The molecule has 0 aliphatic carbocycles. The van der Waals surface area contributed by atoms with E-state index in [0.717, 1.165) is 0 Å². The molecule has 0 nitrogen and oxygen atoms in total. The largest absolute Gasteiger partial charge is 0.0654 e. The molecular weight excluding hydrogens is 348 g/mol. The fourth-order valence-corrected chi connectivity index (χ4v) is 4.65. The van der Waals surface area contributed by atoms with Crippen LogP contribution in [0.3, 0.4) is 0 Å². The number of hydrogen-bond donors (Lipinski definition) is 0. The fourth-order valence-electron chi connectivity index (χ4n) is 4.65. The highest BCUT2D eigenvalue weighted by Gasteiger charge is 2.18. The summed E-state index contributed by atoms with van der Waals surface area (Å²) in [6.07, 6.45) is 7.63. The van der Waals surface area contributed by atoms with E-state index in [2.05, 4.69) is 105 Å². The van der Waals surface area contributed by atoms with Crippen molar-refractivity contribution in [3.8, 4) is 0 Å². The summed E-state index contributed by atoms with van der Waals surface area (Å²) in [6.45, 7) is 4.69. The van der Waals surface area contributed by atoms with Crippen LogP contribution in [0.2, 0.25) is 0 Å². The third-order valence-corrected chi connectivity index (χ3v) is 6.29. The summed E-state index contributed by atoms with van der Waals surface area (Å²) in [7, 11) is 0. The van der Waals surface area contributed by atoms with E-state index < -0.39 is 0 Å². The van der Waals surface area contributed by atoms with E-state index in [1.54, 1.807) is 0 Å². The Kier molecular flexibility index (Phi) is 8.56. The zero-order chi connectivity index (χ0) is 20.3. The molecule has 0 heteroatoms. The molecule has 0 spiro atoms. The van der Waals surface area contributed by atoms with Crippen LogP contribution in [-0.2, 0) is 0 Å². The van der Waals surface area contributed by atoms with Crippen molar-refractivity contribution >= 4 is 0 Å². The van der Waals surface area contributed by atoms with Gasteiger partial charge >= 0.3 is 0 Å². The van der Waals surface area contributed by atoms with Gasteiger partial charge in [0.15, 0.2) is 0 Å². The lowest BCUT2D eigenvalue weighted by Crippen LogP contribution is -2.06. The quantitative estimate of drug-likeness (QED) is 0.310. The minimum absolute atomic E-state index is 0.585. The van der Waals surface area contributed by atoms with Crippen LogP contribution in [0.5, 0.6) is 0 Å². The van der Waals surface area contributed by atoms with Crippen LogP contribution in [0.1, 0.15) is 86.8 Å². The predicted octanol–water partition coefficient (Wildman–Crippen LogP) is 8.72. The van der Waals surface area contributed by atoms with Crippen LogP contribution in [0, 0.1) is 0 Å². The Balaban J connectivity index is 1.65. The second kappa shape index (κ2) is 11.6. The smallest absolute Gasteiger partial charge is 0.0156 e. The molecule has 0 N–H and O–H groups in total. The van der Waals surface area contributed by atoms with E-state index in [1.807, 2.05) is 0 Å². The van der Waals surface area contributed by atoms with E-state index in [0.29, 0.717) is 17.8 Å². The standard InChI is InChI=1S/C29H36/c1-3-14-26(27-17-9-5-10-18-27)21-13-22-29(28-19-11-6-12-20-28)23-24(2)25-15-7-4-8-16-25/h4-12,15-20,24,26,29H,3,13-14,21-23H2,1-2H3. The maximum Gasteiger partial charge on any atom is -0.0156 e. The average molecular weight is 385 g/mol. The van der Waals surface area contributed by atoms with Gasteiger partial charge in [-0.3, -0.25) is 0 Å². The molecule has 0 amide bonds. The van der Waals surface area contributed by atoms with Crippen LogP contribution in [-0.4, -0.2) is 0 Å². The Bertz CT molecular complexity index is 791. The molecule has 3 unspecified atom stereocenters. The van der Waals surface area contributed by atoms with Crippen molar-refractivity contribution in [3.05, 3.63) is 108 Å². The van der Waals surface area contributed by atoms with Crippen molar-refractivity contribution in [3.63, 3.8) is 0 Å². The number of benzene rings is 3. The molecule has 0 aromatic heterocycles. The first kappa shape index (κ1) is 21.4. The van der Waals surface area contributed by atoms with Gasteiger partial charge in [-0.05, 0) is 60.1 Å². The van der Waals surface area contributed by atoms with E-state index in [4.69, 9.17) is 0 Å². The summed E-state index contributed by atoms with van der Waals surface area (Å²) in [6, 6.07) is 33.3. The van der Waals surface area contributed by atoms with E-state index in [9.17, 15) is 0 Å². The Labute approximate surface area is 178 Å². The highest BCUT2D eigenvalue weighted by atomic mass is 14.2. The summed E-state index contributed by atoms with van der Waals surface area (Å²) >= 11 is 0. The van der Waals surface area contributed by atoms with Crippen LogP contribution < -0.4 is 0 Å². The van der Waals surface area contributed by atoms with Crippen LogP contribution in [0.4, 0.5) is 0 Å². The van der Waals surface area contributed by atoms with Gasteiger partial charge in [0.1, 0.15) is 0 Å². The minimum Gasteiger partial charge on any atom is -0.0654 e. The molecule has 3 rings (SSSR count). The van der Waals surface area contributed by atoms with Crippen molar-refractivity contribution in [1.82, 2.24) is 0 Å². The van der Waals surface area contributed by atoms with E-state index in [-0.39, 0.29) is 0 Å². The second-order valence-corrected chi connectivity index (χ2v) is 8.48. The summed E-state index contributed by atoms with van der Waals surface area (Å²) in [5.74, 6) is 1.91. The Morgan fingerprint density at radius 1 is 0.552 bits per heavy atom. The lowest BCUT2D eigenvalue weighted by Gasteiger charge is -2.23. The van der Waals surface area contributed by atoms with Crippen molar-refractivity contribution in [2.75, 3.05) is 0 Å². The molecule has 0 bridgehead atoms. The van der Waals surface area contributed by atoms with Gasteiger partial charge < -0.3 is 0 Å². The van der Waals surface area contributed by atoms with E-state index >= 15 is 0 Å². The molecule has 3 atom stereocenters. The van der Waals surface area contributed by atoms with Crippen molar-refractivity contribution < 1.29 is 0 Å². The molecule has 0 heterocycles. The summed E-state index contributed by atoms with van der Waals surface area (Å²) in [5.41, 5.74) is 4.48. The SMILES string of the molecule is CCCC(CCCC(CC(C)c1ccccc1)c1ccccc1)c1ccccc1. The molecule has 0 aliphatic rings. The number of hydrogen-bond acceptors (Lipinski definition) is 0. The van der Waals surface area contributed by atoms with Gasteiger partial charge in [-0.2, -0.15) is 0 Å². The molecule has 3 aromatic carbocycles. The van der Waals surface area contributed by atoms with Crippen LogP contribution in [0.15, 0.2) is 91.0 Å². The first-order valence-electron chi connectivity index (χ1n) is 11.4. The van der Waals surface area contributed by atoms with E-state index in [1.165, 1.54) is 55.2 Å². The molecule has 0 saturated carbocycles. The van der Waals surface area contributed by atoms with Gasteiger partial charge in [0.25, 0.3) is 0 Å². The zero-order valence-electron chi connectivity index (χ0n) is 18.1. The monoisotopic (exact) mass is 384 g/mol. The molecular formula is C29H36. The van der Waals surface area contributed by atoms with Crippen LogP contribution >= 0.6 is 0 Å². The van der Waals surface area contributed by atoms with Gasteiger partial charge in [-0.15, -0.1) is 0 Å². The molecule has 0 aliphatic heterocycles. The van der Waals surface area contributed by atoms with Gasteiger partial charge in [0.05, 0.1) is 0 Å². The Morgan fingerprint density at radius 3 is 1.52 bits per heavy atom. The average Bonchev–Trinajstić information content (AvgIpc) is 2.79. The molecule has 152 valence electrons. The lowest BCUT2D eigenvalue weighted by atomic mass is 9.81. The fraction of sp³-hybridized carbons (Fsp3) is 0.379. The Hall–Kier alpha value is -2.34. The van der Waals surface area contributed by atoms with Crippen molar-refractivity contribution in [1.29, 1.82) is 0 Å². The predicted molar refractivity (Wildman–Crippen MR) is 127 cm³/mol. The molecule has 3 aromatic rings. The van der Waals surface area contributed by atoms with Crippen LogP contribution in [0.25, 0.3) is 0 Å². The normalized spacial score (nSPS) is 14.3. The van der Waals surface area contributed by atoms with Crippen molar-refractivity contribution in [2.45, 2.75) is 70.1 Å². The van der Waals surface area contributed by atoms with Gasteiger partial charge in [0.2, 0.25) is 0 Å². The molecule has 0 saturated heterocycles. The van der Waals surface area contributed by atoms with Crippen molar-refractivity contribution in [2.24, 2.45) is 0 Å². The highest BCUT2D eigenvalue weighted by Crippen LogP contribution is 2.35. The third kappa shape index (κ3) is 6.60. The maximum absolute atomic E-state index is 2.38. The first-order chi connectivity index (χ1) is 14.3. The Morgan fingerprint density at radius 2 is 1.00 bits per heavy atom. The summed E-state index contributed by atoms with van der Waals surface area (Å²) < 4.78 is 0. The second-order valence-electron chi connectivity index (χ2n) is 8.48. The third-order valence-electron chi connectivity index (χ3n) is 6.29.